The summed E-state index contributed by atoms with van der Waals surface area (Å²) in [5.41, 5.74) is 2.74. The first-order chi connectivity index (χ1) is 14.6. The highest BCUT2D eigenvalue weighted by Crippen LogP contribution is 2.23. The molecule has 1 N–H and O–H groups in total. The van der Waals surface area contributed by atoms with E-state index in [0.717, 1.165) is 29.0 Å². The van der Waals surface area contributed by atoms with Crippen molar-refractivity contribution < 1.29 is 18.8 Å². The molecule has 2 amide bonds. The lowest BCUT2D eigenvalue weighted by Crippen LogP contribution is -2.34. The molecule has 1 saturated heterocycles. The number of hydrogen-bond donors (Lipinski definition) is 1. The van der Waals surface area contributed by atoms with E-state index >= 15 is 0 Å². The Kier molecular flexibility index (Phi) is 5.94. The first-order valence-corrected chi connectivity index (χ1v) is 9.82. The average Bonchev–Trinajstić information content (AvgIpc) is 3.39. The molecule has 30 heavy (non-hydrogen) atoms. The molecular formula is C22H24N4O4. The zero-order chi connectivity index (χ0) is 20.9. The quantitative estimate of drug-likeness (QED) is 0.666. The number of methoxy groups -OCH3 is 1. The number of urea groups is 1. The fourth-order valence-electron chi connectivity index (χ4n) is 3.36. The van der Waals surface area contributed by atoms with Crippen LogP contribution in [-0.2, 0) is 11.3 Å². The third-order valence-corrected chi connectivity index (χ3v) is 4.85. The number of ether oxygens (including phenoxy) is 2. The number of nitrogens with zero attached hydrogens (tertiary/aromatic N) is 3. The van der Waals surface area contributed by atoms with Crippen molar-refractivity contribution in [2.45, 2.75) is 26.1 Å². The molecule has 2 aromatic carbocycles. The van der Waals surface area contributed by atoms with Crippen LogP contribution in [0.25, 0.3) is 11.4 Å². The number of carbonyl (C=O) groups excluding carboxylic acids is 1. The van der Waals surface area contributed by atoms with Crippen LogP contribution < -0.4 is 10.1 Å². The molecule has 8 nitrogen and oxygen atoms in total. The Morgan fingerprint density at radius 1 is 1.27 bits per heavy atom. The molecule has 3 aromatic rings. The van der Waals surface area contributed by atoms with Crippen LogP contribution in [0, 0.1) is 6.92 Å². The maximum Gasteiger partial charge on any atom is 0.321 e. The monoisotopic (exact) mass is 408 g/mol. The van der Waals surface area contributed by atoms with Crippen LogP contribution in [0.15, 0.2) is 53.1 Å². The second-order valence-electron chi connectivity index (χ2n) is 7.24. The van der Waals surface area contributed by atoms with Gasteiger partial charge in [-0.3, -0.25) is 0 Å². The lowest BCUT2D eigenvalue weighted by Gasteiger charge is -2.18. The number of carbonyl (C=O) groups is 1. The molecule has 4 rings (SSSR count). The summed E-state index contributed by atoms with van der Waals surface area (Å²) in [6.07, 6.45) is 0.742. The van der Waals surface area contributed by atoms with Crippen LogP contribution in [0.2, 0.25) is 0 Å². The Balaban J connectivity index is 1.31. The predicted octanol–water partition coefficient (Wildman–Crippen LogP) is 3.88. The van der Waals surface area contributed by atoms with Gasteiger partial charge in [-0.1, -0.05) is 17.3 Å². The smallest absolute Gasteiger partial charge is 0.321 e. The van der Waals surface area contributed by atoms with Gasteiger partial charge in [0, 0.05) is 31.3 Å². The fourth-order valence-corrected chi connectivity index (χ4v) is 3.36. The van der Waals surface area contributed by atoms with Gasteiger partial charge in [-0.25, -0.2) is 4.79 Å². The zero-order valence-corrected chi connectivity index (χ0v) is 17.0. The minimum Gasteiger partial charge on any atom is -0.489 e. The molecule has 2 heterocycles. The molecule has 1 aromatic heterocycles. The van der Waals surface area contributed by atoms with Crippen molar-refractivity contribution in [3.63, 3.8) is 0 Å². The van der Waals surface area contributed by atoms with Gasteiger partial charge in [-0.15, -0.1) is 0 Å². The van der Waals surface area contributed by atoms with E-state index in [0.29, 0.717) is 24.8 Å². The van der Waals surface area contributed by atoms with Crippen molar-refractivity contribution in [3.05, 3.63) is 60.0 Å². The second kappa shape index (κ2) is 8.96. The maximum atomic E-state index is 12.5. The van der Waals surface area contributed by atoms with E-state index in [1.165, 1.54) is 0 Å². The van der Waals surface area contributed by atoms with Crippen LogP contribution in [0.3, 0.4) is 0 Å². The number of rotatable bonds is 6. The number of nitrogens with one attached hydrogen (secondary N) is 1. The van der Waals surface area contributed by atoms with Crippen LogP contribution in [0.1, 0.15) is 17.9 Å². The Labute approximate surface area is 174 Å². The van der Waals surface area contributed by atoms with E-state index in [-0.39, 0.29) is 18.7 Å². The molecule has 1 atom stereocenters. The van der Waals surface area contributed by atoms with Gasteiger partial charge in [-0.2, -0.15) is 4.98 Å². The summed E-state index contributed by atoms with van der Waals surface area (Å²) in [4.78, 5) is 18.6. The molecule has 0 radical (unpaired) electrons. The van der Waals surface area contributed by atoms with Crippen molar-refractivity contribution in [1.82, 2.24) is 15.0 Å². The summed E-state index contributed by atoms with van der Waals surface area (Å²) in [5, 5.41) is 6.89. The van der Waals surface area contributed by atoms with Gasteiger partial charge in [0.15, 0.2) is 0 Å². The molecule has 0 bridgehead atoms. The first kappa shape index (κ1) is 19.9. The molecule has 156 valence electrons. The van der Waals surface area contributed by atoms with Crippen molar-refractivity contribution in [1.29, 1.82) is 0 Å². The van der Waals surface area contributed by atoms with Crippen molar-refractivity contribution in [2.24, 2.45) is 0 Å². The third kappa shape index (κ3) is 4.77. The lowest BCUT2D eigenvalue weighted by atomic mass is 10.2. The van der Waals surface area contributed by atoms with E-state index in [1.54, 1.807) is 12.0 Å². The summed E-state index contributed by atoms with van der Waals surface area (Å²) >= 11 is 0. The van der Waals surface area contributed by atoms with Gasteiger partial charge >= 0.3 is 6.03 Å². The van der Waals surface area contributed by atoms with Crippen molar-refractivity contribution >= 4 is 11.7 Å². The lowest BCUT2D eigenvalue weighted by molar-refractivity contribution is 0.151. The van der Waals surface area contributed by atoms with E-state index in [1.807, 2.05) is 55.5 Å². The third-order valence-electron chi connectivity index (χ3n) is 4.85. The summed E-state index contributed by atoms with van der Waals surface area (Å²) in [5.74, 6) is 1.68. The Bertz CT molecular complexity index is 1000. The fraction of sp³-hybridized carbons (Fsp3) is 0.318. The molecule has 1 aliphatic rings. The number of hydrogen-bond acceptors (Lipinski definition) is 6. The van der Waals surface area contributed by atoms with Crippen molar-refractivity contribution in [3.8, 4) is 17.1 Å². The number of aromatic nitrogens is 2. The summed E-state index contributed by atoms with van der Waals surface area (Å²) < 4.78 is 16.2. The number of anilines is 1. The number of amides is 2. The molecule has 1 aliphatic heterocycles. The highest BCUT2D eigenvalue weighted by molar-refractivity contribution is 5.89. The molecule has 0 saturated carbocycles. The summed E-state index contributed by atoms with van der Waals surface area (Å²) in [7, 11) is 1.58. The SMILES string of the molecule is COCc1nc(-c2ccc(OC3CCN(C(=O)Nc4cccc(C)c4)C3)cc2)no1. The van der Waals surface area contributed by atoms with Crippen LogP contribution in [0.4, 0.5) is 10.5 Å². The molecule has 0 aliphatic carbocycles. The number of benzene rings is 2. The molecular weight excluding hydrogens is 384 g/mol. The van der Waals surface area contributed by atoms with Gasteiger partial charge in [-0.05, 0) is 48.9 Å². The Morgan fingerprint density at radius 3 is 2.87 bits per heavy atom. The minimum absolute atomic E-state index is 0.0439. The summed E-state index contributed by atoms with van der Waals surface area (Å²) in [6, 6.07) is 15.2. The molecule has 8 heteroatoms. The van der Waals surface area contributed by atoms with E-state index in [9.17, 15) is 4.79 Å². The van der Waals surface area contributed by atoms with Crippen molar-refractivity contribution in [2.75, 3.05) is 25.5 Å². The Morgan fingerprint density at radius 2 is 2.10 bits per heavy atom. The van der Waals surface area contributed by atoms with Gasteiger partial charge in [0.25, 0.3) is 5.89 Å². The van der Waals surface area contributed by atoms with E-state index < -0.39 is 0 Å². The largest absolute Gasteiger partial charge is 0.489 e. The van der Waals surface area contributed by atoms with Gasteiger partial charge in [0.1, 0.15) is 18.5 Å². The van der Waals surface area contributed by atoms with Crippen LogP contribution >= 0.6 is 0 Å². The standard InChI is InChI=1S/C22H24N4O4/c1-15-4-3-5-17(12-15)23-22(27)26-11-10-19(13-26)29-18-8-6-16(7-9-18)21-24-20(14-28-2)30-25-21/h3-9,12,19H,10-11,13-14H2,1-2H3,(H,23,27). The summed E-state index contributed by atoms with van der Waals surface area (Å²) in [6.45, 7) is 3.48. The molecule has 1 unspecified atom stereocenters. The van der Waals surface area contributed by atoms with Crippen LogP contribution in [-0.4, -0.2) is 47.4 Å². The molecule has 0 spiro atoms. The van der Waals surface area contributed by atoms with E-state index in [2.05, 4.69) is 15.5 Å². The zero-order valence-electron chi connectivity index (χ0n) is 17.0. The number of aryl methyl sites for hydroxylation is 1. The van der Waals surface area contributed by atoms with Crippen LogP contribution in [0.5, 0.6) is 5.75 Å². The Hall–Kier alpha value is -3.39. The van der Waals surface area contributed by atoms with Gasteiger partial charge in [0.05, 0.1) is 6.54 Å². The predicted molar refractivity (Wildman–Crippen MR) is 111 cm³/mol. The first-order valence-electron chi connectivity index (χ1n) is 9.82. The highest BCUT2D eigenvalue weighted by atomic mass is 16.5. The second-order valence-corrected chi connectivity index (χ2v) is 7.24. The average molecular weight is 408 g/mol. The van der Waals surface area contributed by atoms with E-state index in [4.69, 9.17) is 14.0 Å². The molecule has 1 fully saturated rings. The topological polar surface area (TPSA) is 89.7 Å². The number of likely N-dealkylation sites (tertiary alicyclic amines) is 1. The maximum absolute atomic E-state index is 12.5. The van der Waals surface area contributed by atoms with Gasteiger partial charge in [0.2, 0.25) is 5.82 Å². The normalized spacial score (nSPS) is 15.9. The minimum atomic E-state index is -0.106. The highest BCUT2D eigenvalue weighted by Gasteiger charge is 2.27. The van der Waals surface area contributed by atoms with Gasteiger partial charge < -0.3 is 24.2 Å².